The maximum Gasteiger partial charge on any atom is 0.315 e. The van der Waals surface area contributed by atoms with Crippen molar-refractivity contribution in [1.29, 1.82) is 0 Å². The highest BCUT2D eigenvalue weighted by Crippen LogP contribution is 2.35. The monoisotopic (exact) mass is 343 g/mol. The van der Waals surface area contributed by atoms with Gasteiger partial charge in [0.15, 0.2) is 5.17 Å². The summed E-state index contributed by atoms with van der Waals surface area (Å²) in [6.07, 6.45) is 0. The molecular weight excluding hydrogens is 330 g/mol. The molecule has 2 N–H and O–H groups in total. The van der Waals surface area contributed by atoms with Gasteiger partial charge in [0, 0.05) is 17.9 Å². The van der Waals surface area contributed by atoms with E-state index in [0.29, 0.717) is 28.2 Å². The number of carbonyl (C=O) groups is 2. The van der Waals surface area contributed by atoms with Crippen molar-refractivity contribution in [3.8, 4) is 11.5 Å². The van der Waals surface area contributed by atoms with Crippen molar-refractivity contribution in [2.24, 2.45) is 4.99 Å². The molecular formula is C13H14ClN3O4S. The van der Waals surface area contributed by atoms with Gasteiger partial charge in [0.25, 0.3) is 0 Å². The predicted octanol–water partition coefficient (Wildman–Crippen LogP) is 1.51. The summed E-state index contributed by atoms with van der Waals surface area (Å²) in [4.78, 5) is 27.8. The summed E-state index contributed by atoms with van der Waals surface area (Å²) in [5, 5.41) is 5.68. The van der Waals surface area contributed by atoms with Crippen LogP contribution in [0.15, 0.2) is 17.1 Å². The highest BCUT2D eigenvalue weighted by Gasteiger charge is 2.20. The number of methoxy groups -OCH3 is 2. The van der Waals surface area contributed by atoms with Crippen LogP contribution in [0.4, 0.5) is 5.69 Å². The maximum absolute atomic E-state index is 11.9. The van der Waals surface area contributed by atoms with Gasteiger partial charge >= 0.3 is 11.8 Å². The predicted molar refractivity (Wildman–Crippen MR) is 86.1 cm³/mol. The molecule has 0 unspecified atom stereocenters. The molecule has 1 aromatic rings. The Morgan fingerprint density at radius 1 is 1.18 bits per heavy atom. The van der Waals surface area contributed by atoms with Crippen LogP contribution in [0.2, 0.25) is 5.02 Å². The zero-order valence-electron chi connectivity index (χ0n) is 11.9. The van der Waals surface area contributed by atoms with E-state index in [4.69, 9.17) is 21.1 Å². The minimum absolute atomic E-state index is 0.282. The first-order valence-electron chi connectivity index (χ1n) is 6.26. The fourth-order valence-corrected chi connectivity index (χ4v) is 2.66. The number of ether oxygens (including phenoxy) is 2. The number of amides is 2. The van der Waals surface area contributed by atoms with E-state index in [9.17, 15) is 9.59 Å². The first-order valence-corrected chi connectivity index (χ1v) is 7.62. The second-order valence-corrected chi connectivity index (χ2v) is 5.62. The first-order chi connectivity index (χ1) is 10.5. The van der Waals surface area contributed by atoms with Crippen molar-refractivity contribution in [3.05, 3.63) is 17.2 Å². The van der Waals surface area contributed by atoms with E-state index in [-0.39, 0.29) is 5.69 Å². The Bertz CT molecular complexity index is 636. The quantitative estimate of drug-likeness (QED) is 0.812. The number of aliphatic imine (C=N–C) groups is 1. The highest BCUT2D eigenvalue weighted by molar-refractivity contribution is 8.14. The van der Waals surface area contributed by atoms with Gasteiger partial charge < -0.3 is 14.8 Å². The number of hydrogen-bond acceptors (Lipinski definition) is 6. The van der Waals surface area contributed by atoms with Crippen LogP contribution in [0.5, 0.6) is 11.5 Å². The number of nitrogens with zero attached hydrogens (tertiary/aromatic N) is 1. The van der Waals surface area contributed by atoms with Crippen molar-refractivity contribution in [2.75, 3.05) is 31.8 Å². The number of benzene rings is 1. The lowest BCUT2D eigenvalue weighted by molar-refractivity contribution is -0.135. The molecule has 1 aromatic carbocycles. The number of hydrogen-bond donors (Lipinski definition) is 2. The molecule has 0 radical (unpaired) electrons. The number of rotatable bonds is 3. The lowest BCUT2D eigenvalue weighted by Crippen LogP contribution is -2.37. The third-order valence-electron chi connectivity index (χ3n) is 2.73. The van der Waals surface area contributed by atoms with Crippen LogP contribution in [0.3, 0.4) is 0 Å². The topological polar surface area (TPSA) is 89.0 Å². The zero-order chi connectivity index (χ0) is 16.1. The SMILES string of the molecule is COc1cc(NC(=O)C(=O)NC2=NCCS2)c(OC)cc1Cl. The maximum atomic E-state index is 11.9. The number of carbonyl (C=O) groups excluding carboxylic acids is 2. The Balaban J connectivity index is 2.11. The van der Waals surface area contributed by atoms with Crippen LogP contribution >= 0.6 is 23.4 Å². The fourth-order valence-electron chi connectivity index (χ4n) is 1.70. The molecule has 9 heteroatoms. The summed E-state index contributed by atoms with van der Waals surface area (Å²) >= 11 is 7.36. The molecule has 0 bridgehead atoms. The molecule has 0 saturated heterocycles. The first kappa shape index (κ1) is 16.4. The Kier molecular flexibility index (Phi) is 5.51. The molecule has 0 fully saturated rings. The Labute approximate surface area is 136 Å². The molecule has 0 spiro atoms. The minimum Gasteiger partial charge on any atom is -0.495 e. The van der Waals surface area contributed by atoms with E-state index in [2.05, 4.69) is 15.6 Å². The molecule has 0 aromatic heterocycles. The van der Waals surface area contributed by atoms with E-state index in [1.807, 2.05) is 0 Å². The van der Waals surface area contributed by atoms with E-state index in [1.165, 1.54) is 38.1 Å². The van der Waals surface area contributed by atoms with Gasteiger partial charge in [-0.2, -0.15) is 0 Å². The van der Waals surface area contributed by atoms with Crippen LogP contribution in [-0.4, -0.2) is 43.5 Å². The van der Waals surface area contributed by atoms with Crippen molar-refractivity contribution in [1.82, 2.24) is 5.32 Å². The van der Waals surface area contributed by atoms with Crippen molar-refractivity contribution < 1.29 is 19.1 Å². The van der Waals surface area contributed by atoms with Gasteiger partial charge in [0.05, 0.1) is 31.5 Å². The van der Waals surface area contributed by atoms with E-state index >= 15 is 0 Å². The molecule has 1 heterocycles. The van der Waals surface area contributed by atoms with Crippen molar-refractivity contribution >= 4 is 46.0 Å². The summed E-state index contributed by atoms with van der Waals surface area (Å²) in [5.74, 6) is -0.171. The molecule has 1 aliphatic rings. The molecule has 0 aliphatic carbocycles. The second-order valence-electron chi connectivity index (χ2n) is 4.13. The van der Waals surface area contributed by atoms with Gasteiger partial charge in [0.1, 0.15) is 11.5 Å². The van der Waals surface area contributed by atoms with Gasteiger partial charge in [-0.25, -0.2) is 0 Å². The summed E-state index contributed by atoms with van der Waals surface area (Å²) in [5.41, 5.74) is 0.282. The third kappa shape index (κ3) is 3.83. The molecule has 22 heavy (non-hydrogen) atoms. The second kappa shape index (κ2) is 7.37. The number of nitrogens with one attached hydrogen (secondary N) is 2. The number of anilines is 1. The van der Waals surface area contributed by atoms with E-state index in [1.54, 1.807) is 0 Å². The van der Waals surface area contributed by atoms with Crippen LogP contribution in [0, 0.1) is 0 Å². The molecule has 7 nitrogen and oxygen atoms in total. The Hall–Kier alpha value is -1.93. The molecule has 2 amide bonds. The molecule has 1 aliphatic heterocycles. The van der Waals surface area contributed by atoms with E-state index < -0.39 is 11.8 Å². The lowest BCUT2D eigenvalue weighted by atomic mass is 10.2. The molecule has 2 rings (SSSR count). The van der Waals surface area contributed by atoms with Gasteiger partial charge in [-0.15, -0.1) is 0 Å². The lowest BCUT2D eigenvalue weighted by Gasteiger charge is -2.13. The van der Waals surface area contributed by atoms with Gasteiger partial charge in [-0.1, -0.05) is 23.4 Å². The highest BCUT2D eigenvalue weighted by atomic mass is 35.5. The number of amidine groups is 1. The van der Waals surface area contributed by atoms with E-state index in [0.717, 1.165) is 5.75 Å². The number of thioether (sulfide) groups is 1. The third-order valence-corrected chi connectivity index (χ3v) is 3.92. The van der Waals surface area contributed by atoms with Crippen LogP contribution < -0.4 is 20.1 Å². The summed E-state index contributed by atoms with van der Waals surface area (Å²) in [6, 6.07) is 2.97. The normalized spacial score (nSPS) is 13.3. The van der Waals surface area contributed by atoms with Crippen molar-refractivity contribution in [2.45, 2.75) is 0 Å². The van der Waals surface area contributed by atoms with Crippen LogP contribution in [-0.2, 0) is 9.59 Å². The van der Waals surface area contributed by atoms with Crippen LogP contribution in [0.1, 0.15) is 0 Å². The van der Waals surface area contributed by atoms with Gasteiger partial charge in [-0.05, 0) is 0 Å². The molecule has 118 valence electrons. The molecule has 0 saturated carbocycles. The number of halogens is 1. The van der Waals surface area contributed by atoms with Gasteiger partial charge in [-0.3, -0.25) is 19.9 Å². The average molecular weight is 344 g/mol. The smallest absolute Gasteiger partial charge is 0.315 e. The van der Waals surface area contributed by atoms with Crippen molar-refractivity contribution in [3.63, 3.8) is 0 Å². The standard InChI is InChI=1S/C13H14ClN3O4S/c1-20-9-6-8(10(21-2)5-7(9)14)16-11(18)12(19)17-13-15-3-4-22-13/h5-6H,3-4H2,1-2H3,(H,16,18)(H,15,17,19). The summed E-state index contributed by atoms with van der Waals surface area (Å²) < 4.78 is 10.2. The fraction of sp³-hybridized carbons (Fsp3) is 0.308. The Morgan fingerprint density at radius 3 is 2.45 bits per heavy atom. The minimum atomic E-state index is -0.835. The summed E-state index contributed by atoms with van der Waals surface area (Å²) in [7, 11) is 2.87. The molecule has 0 atom stereocenters. The van der Waals surface area contributed by atoms with Crippen LogP contribution in [0.25, 0.3) is 0 Å². The Morgan fingerprint density at radius 2 is 1.86 bits per heavy atom. The summed E-state index contributed by atoms with van der Waals surface area (Å²) in [6.45, 7) is 0.629. The average Bonchev–Trinajstić information content (AvgIpc) is 3.01. The van der Waals surface area contributed by atoms with Gasteiger partial charge in [0.2, 0.25) is 0 Å². The largest absolute Gasteiger partial charge is 0.495 e. The zero-order valence-corrected chi connectivity index (χ0v) is 13.5.